The van der Waals surface area contributed by atoms with Crippen molar-refractivity contribution in [2.75, 3.05) is 26.7 Å². The Hall–Kier alpha value is -2.54. The fourth-order valence-corrected chi connectivity index (χ4v) is 4.95. The first kappa shape index (κ1) is 27.5. The molecule has 0 amide bonds. The summed E-state index contributed by atoms with van der Waals surface area (Å²) >= 11 is 11.4. The van der Waals surface area contributed by atoms with E-state index >= 15 is 0 Å². The van der Waals surface area contributed by atoms with Crippen molar-refractivity contribution in [2.45, 2.75) is 9.79 Å². The van der Waals surface area contributed by atoms with Crippen molar-refractivity contribution in [3.8, 4) is 11.5 Å². The van der Waals surface area contributed by atoms with Crippen molar-refractivity contribution in [3.05, 3.63) is 45.4 Å². The maximum atomic E-state index is 11.3. The van der Waals surface area contributed by atoms with Crippen LogP contribution in [-0.4, -0.2) is 65.7 Å². The molecule has 0 saturated heterocycles. The predicted molar refractivity (Wildman–Crippen MR) is 116 cm³/mol. The first-order valence-corrected chi connectivity index (χ1v) is 12.7. The fraction of sp³-hybridized carbons (Fsp3) is 0.222. The molecular weight excluding hydrogens is 511 g/mol. The lowest BCUT2D eigenvalue weighted by molar-refractivity contribution is 0.0682. The third-order valence-electron chi connectivity index (χ3n) is 3.77. The minimum absolute atomic E-state index is 0.0184. The predicted octanol–water partition coefficient (Wildman–Crippen LogP) is 2.90. The van der Waals surface area contributed by atoms with Crippen LogP contribution in [0.5, 0.6) is 11.5 Å². The van der Waals surface area contributed by atoms with Gasteiger partial charge in [-0.25, -0.2) is 26.4 Å². The highest BCUT2D eigenvalue weighted by Gasteiger charge is 2.21. The lowest BCUT2D eigenvalue weighted by Gasteiger charge is -2.08. The van der Waals surface area contributed by atoms with Crippen LogP contribution in [0.25, 0.3) is 0 Å². The molecule has 176 valence electrons. The van der Waals surface area contributed by atoms with E-state index in [9.17, 15) is 26.4 Å². The van der Waals surface area contributed by atoms with Gasteiger partial charge in [-0.1, -0.05) is 23.2 Å². The highest BCUT2D eigenvalue weighted by atomic mass is 35.5. The summed E-state index contributed by atoms with van der Waals surface area (Å²) < 4.78 is 54.8. The lowest BCUT2D eigenvalue weighted by Crippen LogP contribution is -2.05. The van der Waals surface area contributed by atoms with Crippen molar-refractivity contribution >= 4 is 54.8 Å². The number of methoxy groups -OCH3 is 2. The van der Waals surface area contributed by atoms with E-state index < -0.39 is 31.6 Å². The van der Waals surface area contributed by atoms with Gasteiger partial charge in [0.25, 0.3) is 0 Å². The molecule has 0 heterocycles. The summed E-state index contributed by atoms with van der Waals surface area (Å²) in [6.45, 7) is 0. The van der Waals surface area contributed by atoms with Gasteiger partial charge in [-0.05, 0) is 12.1 Å². The van der Waals surface area contributed by atoms with Gasteiger partial charge in [0.2, 0.25) is 0 Å². The largest absolute Gasteiger partial charge is 0.496 e. The number of carboxylic acid groups (broad SMARTS) is 2. The number of benzene rings is 2. The topological polar surface area (TPSA) is 161 Å². The van der Waals surface area contributed by atoms with Gasteiger partial charge in [0, 0.05) is 24.6 Å². The lowest BCUT2D eigenvalue weighted by atomic mass is 10.2. The zero-order chi connectivity index (χ0) is 25.0. The van der Waals surface area contributed by atoms with Crippen LogP contribution < -0.4 is 9.47 Å². The summed E-state index contributed by atoms with van der Waals surface area (Å²) in [5, 5.41) is 17.6. The molecule has 0 atom stereocenters. The monoisotopic (exact) mass is 528 g/mol. The highest BCUT2D eigenvalue weighted by molar-refractivity contribution is 7.91. The Kier molecular flexibility index (Phi) is 8.92. The number of aromatic carboxylic acids is 2. The van der Waals surface area contributed by atoms with E-state index in [1.54, 1.807) is 0 Å². The standard InChI is InChI=1S/2C9H9ClO5S/c2*1-15-7-4-6(10)8(16(2,13)14)3-5(7)9(11)12/h2*3-4H,1-2H3,(H,11,12). The first-order valence-electron chi connectivity index (χ1n) is 8.16. The molecule has 0 aromatic heterocycles. The molecule has 0 radical (unpaired) electrons. The number of rotatable bonds is 6. The van der Waals surface area contributed by atoms with E-state index in [4.69, 9.17) is 42.9 Å². The Morgan fingerprint density at radius 1 is 0.719 bits per heavy atom. The molecular formula is C18H18Cl2O10S2. The van der Waals surface area contributed by atoms with Gasteiger partial charge in [-0.2, -0.15) is 0 Å². The average Bonchev–Trinajstić information content (AvgIpc) is 2.65. The Bertz CT molecular complexity index is 1170. The number of carbonyl (C=O) groups is 2. The average molecular weight is 529 g/mol. The van der Waals surface area contributed by atoms with Crippen LogP contribution in [0.1, 0.15) is 20.7 Å². The zero-order valence-corrected chi connectivity index (χ0v) is 20.2. The molecule has 0 spiro atoms. The summed E-state index contributed by atoms with van der Waals surface area (Å²) in [5.41, 5.74) is -0.486. The number of halogens is 2. The number of carboxylic acids is 2. The van der Waals surface area contributed by atoms with Gasteiger partial charge < -0.3 is 19.7 Å². The van der Waals surface area contributed by atoms with Gasteiger partial charge in [0.1, 0.15) is 22.6 Å². The summed E-state index contributed by atoms with van der Waals surface area (Å²) in [6.07, 6.45) is 1.90. The molecule has 14 heteroatoms. The minimum Gasteiger partial charge on any atom is -0.496 e. The molecule has 0 aliphatic rings. The van der Waals surface area contributed by atoms with Gasteiger partial charge in [0.15, 0.2) is 19.7 Å². The van der Waals surface area contributed by atoms with Crippen LogP contribution in [0.15, 0.2) is 34.1 Å². The molecule has 0 bridgehead atoms. The van der Waals surface area contributed by atoms with Crippen molar-refractivity contribution in [2.24, 2.45) is 0 Å². The highest BCUT2D eigenvalue weighted by Crippen LogP contribution is 2.31. The van der Waals surface area contributed by atoms with Crippen LogP contribution in [-0.2, 0) is 19.7 Å². The second-order valence-corrected chi connectivity index (χ2v) is 10.9. The zero-order valence-electron chi connectivity index (χ0n) is 17.0. The maximum Gasteiger partial charge on any atom is 0.339 e. The molecule has 2 rings (SSSR count). The van der Waals surface area contributed by atoms with E-state index in [0.29, 0.717) is 0 Å². The molecule has 2 aromatic carbocycles. The van der Waals surface area contributed by atoms with Crippen molar-refractivity contribution in [1.29, 1.82) is 0 Å². The Labute approximate surface area is 194 Å². The van der Waals surface area contributed by atoms with Gasteiger partial charge in [-0.15, -0.1) is 0 Å². The smallest absolute Gasteiger partial charge is 0.339 e. The number of hydrogen-bond acceptors (Lipinski definition) is 8. The number of ether oxygens (including phenoxy) is 2. The van der Waals surface area contributed by atoms with Gasteiger partial charge >= 0.3 is 11.9 Å². The molecule has 0 aliphatic carbocycles. The number of sulfone groups is 2. The van der Waals surface area contributed by atoms with Crippen LogP contribution in [0.3, 0.4) is 0 Å². The van der Waals surface area contributed by atoms with Crippen molar-refractivity contribution < 1.29 is 46.1 Å². The van der Waals surface area contributed by atoms with Crippen LogP contribution >= 0.6 is 23.2 Å². The van der Waals surface area contributed by atoms with E-state index in [1.807, 2.05) is 0 Å². The minimum atomic E-state index is -3.57. The molecule has 0 saturated carbocycles. The third-order valence-corrected chi connectivity index (χ3v) is 6.89. The molecule has 32 heavy (non-hydrogen) atoms. The van der Waals surface area contributed by atoms with E-state index in [-0.39, 0.29) is 42.5 Å². The SMILES string of the molecule is COc1cc(Cl)c(S(C)(=O)=O)cc1C(=O)O.COc1cc(Cl)c(S(C)(=O)=O)cc1C(=O)O. The van der Waals surface area contributed by atoms with Crippen LogP contribution in [0.4, 0.5) is 0 Å². The second-order valence-electron chi connectivity index (χ2n) is 6.12. The fourth-order valence-electron chi connectivity index (χ4n) is 2.31. The molecule has 0 aliphatic heterocycles. The third kappa shape index (κ3) is 6.73. The Balaban J connectivity index is 0.000000320. The van der Waals surface area contributed by atoms with E-state index in [1.165, 1.54) is 26.4 Å². The maximum absolute atomic E-state index is 11.3. The van der Waals surface area contributed by atoms with E-state index in [0.717, 1.165) is 24.6 Å². The van der Waals surface area contributed by atoms with Crippen LogP contribution in [0, 0.1) is 0 Å². The van der Waals surface area contributed by atoms with E-state index in [2.05, 4.69) is 0 Å². The molecule has 2 N–H and O–H groups in total. The normalized spacial score (nSPS) is 11.2. The first-order chi connectivity index (χ1) is 14.5. The summed E-state index contributed by atoms with van der Waals surface area (Å²) in [4.78, 5) is 21.2. The molecule has 0 unspecified atom stereocenters. The van der Waals surface area contributed by atoms with Gasteiger partial charge in [-0.3, -0.25) is 0 Å². The van der Waals surface area contributed by atoms with Gasteiger partial charge in [0.05, 0.1) is 34.1 Å². The van der Waals surface area contributed by atoms with Crippen LogP contribution in [0.2, 0.25) is 10.0 Å². The number of hydrogen-bond donors (Lipinski definition) is 2. The second kappa shape index (κ2) is 10.4. The summed E-state index contributed by atoms with van der Waals surface area (Å²) in [7, 11) is -4.58. The summed E-state index contributed by atoms with van der Waals surface area (Å²) in [5.74, 6) is -2.52. The summed E-state index contributed by atoms with van der Waals surface area (Å²) in [6, 6.07) is 4.31. The van der Waals surface area contributed by atoms with Crippen molar-refractivity contribution in [1.82, 2.24) is 0 Å². The molecule has 0 fully saturated rings. The molecule has 2 aromatic rings. The Morgan fingerprint density at radius 3 is 1.19 bits per heavy atom. The Morgan fingerprint density at radius 2 is 1.00 bits per heavy atom. The quantitative estimate of drug-likeness (QED) is 0.569. The molecule has 10 nitrogen and oxygen atoms in total. The van der Waals surface area contributed by atoms with Crippen molar-refractivity contribution in [3.63, 3.8) is 0 Å².